The normalized spacial score (nSPS) is 10.4. The summed E-state index contributed by atoms with van der Waals surface area (Å²) in [4.78, 5) is 20.7. The second-order valence-electron chi connectivity index (χ2n) is 4.31. The molecule has 0 radical (unpaired) electrons. The second kappa shape index (κ2) is 9.77. The SMILES string of the molecule is CCC(CO)(CO)CO.O=Cc1cccc(C=O)c1Br. The van der Waals surface area contributed by atoms with Crippen LogP contribution in [0.1, 0.15) is 34.1 Å². The Morgan fingerprint density at radius 3 is 1.65 bits per heavy atom. The molecule has 0 heterocycles. The quantitative estimate of drug-likeness (QED) is 0.677. The fourth-order valence-electron chi connectivity index (χ4n) is 1.24. The highest BCUT2D eigenvalue weighted by Gasteiger charge is 2.24. The van der Waals surface area contributed by atoms with Gasteiger partial charge < -0.3 is 15.3 Å². The van der Waals surface area contributed by atoms with E-state index in [9.17, 15) is 9.59 Å². The first-order valence-corrected chi connectivity index (χ1v) is 6.84. The van der Waals surface area contributed by atoms with Crippen molar-refractivity contribution in [3.63, 3.8) is 0 Å². The van der Waals surface area contributed by atoms with Gasteiger partial charge in [-0.05, 0) is 22.4 Å². The minimum Gasteiger partial charge on any atom is -0.396 e. The van der Waals surface area contributed by atoms with E-state index in [0.717, 1.165) is 0 Å². The van der Waals surface area contributed by atoms with Crippen molar-refractivity contribution in [3.8, 4) is 0 Å². The average Bonchev–Trinajstić information content (AvgIpc) is 2.51. The Morgan fingerprint density at radius 2 is 1.45 bits per heavy atom. The molecule has 0 aliphatic carbocycles. The largest absolute Gasteiger partial charge is 0.396 e. The van der Waals surface area contributed by atoms with Crippen LogP contribution in [0, 0.1) is 5.41 Å². The van der Waals surface area contributed by atoms with Crippen LogP contribution >= 0.6 is 15.9 Å². The van der Waals surface area contributed by atoms with Crippen LogP contribution in [0.15, 0.2) is 22.7 Å². The van der Waals surface area contributed by atoms with Gasteiger partial charge in [0.2, 0.25) is 0 Å². The number of aliphatic hydroxyl groups excluding tert-OH is 3. The first kappa shape index (κ1) is 18.9. The minimum atomic E-state index is -0.667. The highest BCUT2D eigenvalue weighted by molar-refractivity contribution is 9.10. The molecule has 5 nitrogen and oxygen atoms in total. The molecule has 0 saturated heterocycles. The summed E-state index contributed by atoms with van der Waals surface area (Å²) in [5, 5.41) is 26.0. The van der Waals surface area contributed by atoms with Crippen molar-refractivity contribution in [2.45, 2.75) is 13.3 Å². The van der Waals surface area contributed by atoms with E-state index in [4.69, 9.17) is 15.3 Å². The molecule has 0 aliphatic rings. The summed E-state index contributed by atoms with van der Waals surface area (Å²) in [7, 11) is 0. The maximum Gasteiger partial charge on any atom is 0.151 e. The molecule has 3 N–H and O–H groups in total. The number of aliphatic hydroxyl groups is 3. The lowest BCUT2D eigenvalue weighted by Gasteiger charge is -2.24. The van der Waals surface area contributed by atoms with Crippen LogP contribution in [-0.2, 0) is 0 Å². The molecule has 0 atom stereocenters. The number of carbonyl (C=O) groups is 2. The summed E-state index contributed by atoms with van der Waals surface area (Å²) >= 11 is 3.14. The summed E-state index contributed by atoms with van der Waals surface area (Å²) < 4.78 is 0.560. The van der Waals surface area contributed by atoms with E-state index < -0.39 is 5.41 Å². The summed E-state index contributed by atoms with van der Waals surface area (Å²) in [5.74, 6) is 0. The third-order valence-corrected chi connectivity index (χ3v) is 3.98. The lowest BCUT2D eigenvalue weighted by molar-refractivity contribution is 0.00304. The zero-order valence-corrected chi connectivity index (χ0v) is 12.8. The van der Waals surface area contributed by atoms with Crippen molar-refractivity contribution in [3.05, 3.63) is 33.8 Å². The lowest BCUT2D eigenvalue weighted by atomic mass is 9.88. The van der Waals surface area contributed by atoms with Crippen LogP contribution < -0.4 is 0 Å². The number of hydrogen-bond acceptors (Lipinski definition) is 5. The van der Waals surface area contributed by atoms with Gasteiger partial charge in [0, 0.05) is 21.0 Å². The van der Waals surface area contributed by atoms with Crippen molar-refractivity contribution < 1.29 is 24.9 Å². The molecule has 1 rings (SSSR count). The molecular formula is C14H19BrO5. The van der Waals surface area contributed by atoms with Crippen LogP contribution in [-0.4, -0.2) is 47.7 Å². The smallest absolute Gasteiger partial charge is 0.151 e. The van der Waals surface area contributed by atoms with Crippen LogP contribution in [0.25, 0.3) is 0 Å². The molecule has 0 spiro atoms. The van der Waals surface area contributed by atoms with Crippen LogP contribution in [0.3, 0.4) is 0 Å². The van der Waals surface area contributed by atoms with Gasteiger partial charge in [0.25, 0.3) is 0 Å². The third kappa shape index (κ3) is 5.13. The van der Waals surface area contributed by atoms with Crippen molar-refractivity contribution in [1.82, 2.24) is 0 Å². The van der Waals surface area contributed by atoms with Crippen molar-refractivity contribution >= 4 is 28.5 Å². The molecule has 20 heavy (non-hydrogen) atoms. The fourth-order valence-corrected chi connectivity index (χ4v) is 1.69. The highest BCUT2D eigenvalue weighted by Crippen LogP contribution is 2.19. The van der Waals surface area contributed by atoms with Gasteiger partial charge in [-0.25, -0.2) is 0 Å². The van der Waals surface area contributed by atoms with Gasteiger partial charge in [-0.15, -0.1) is 0 Å². The van der Waals surface area contributed by atoms with Crippen molar-refractivity contribution in [1.29, 1.82) is 0 Å². The maximum atomic E-state index is 10.3. The molecule has 6 heteroatoms. The molecule has 0 aliphatic heterocycles. The van der Waals surface area contributed by atoms with Crippen LogP contribution in [0.5, 0.6) is 0 Å². The molecule has 0 bridgehead atoms. The molecule has 0 aromatic heterocycles. The summed E-state index contributed by atoms with van der Waals surface area (Å²) in [5.41, 5.74) is 0.323. The predicted octanol–water partition coefficient (Wildman–Crippen LogP) is 1.43. The molecule has 112 valence electrons. The molecule has 0 saturated carbocycles. The Balaban J connectivity index is 0.000000370. The summed E-state index contributed by atoms with van der Waals surface area (Å²) in [6, 6.07) is 4.95. The topological polar surface area (TPSA) is 94.8 Å². The number of aldehydes is 2. The molecule has 1 aromatic carbocycles. The van der Waals surface area contributed by atoms with E-state index in [1.807, 2.05) is 6.92 Å². The maximum absolute atomic E-state index is 10.3. The Labute approximate surface area is 126 Å². The predicted molar refractivity (Wildman–Crippen MR) is 78.9 cm³/mol. The summed E-state index contributed by atoms with van der Waals surface area (Å²) in [6.45, 7) is 1.35. The monoisotopic (exact) mass is 346 g/mol. The number of halogens is 1. The Bertz CT molecular complexity index is 386. The van der Waals surface area contributed by atoms with E-state index in [0.29, 0.717) is 34.6 Å². The third-order valence-electron chi connectivity index (χ3n) is 3.07. The van der Waals surface area contributed by atoms with Gasteiger partial charge in [0.1, 0.15) is 0 Å². The standard InChI is InChI=1S/C8H5BrO2.C6H14O3/c9-8-6(4-10)2-1-3-7(8)5-11;1-2-6(3-7,4-8)5-9/h1-5H;7-9H,2-5H2,1H3. The first-order chi connectivity index (χ1) is 9.53. The van der Waals surface area contributed by atoms with E-state index in [2.05, 4.69) is 15.9 Å². The minimum absolute atomic E-state index is 0.156. The van der Waals surface area contributed by atoms with Gasteiger partial charge in [0.15, 0.2) is 12.6 Å². The van der Waals surface area contributed by atoms with E-state index in [1.165, 1.54) is 0 Å². The van der Waals surface area contributed by atoms with Crippen LogP contribution in [0.4, 0.5) is 0 Å². The van der Waals surface area contributed by atoms with E-state index in [1.54, 1.807) is 18.2 Å². The van der Waals surface area contributed by atoms with Crippen molar-refractivity contribution in [2.24, 2.45) is 5.41 Å². The highest BCUT2D eigenvalue weighted by atomic mass is 79.9. The zero-order valence-electron chi connectivity index (χ0n) is 11.3. The Kier molecular flexibility index (Phi) is 9.24. The zero-order chi connectivity index (χ0) is 15.6. The van der Waals surface area contributed by atoms with Gasteiger partial charge in [-0.3, -0.25) is 9.59 Å². The molecule has 0 fully saturated rings. The van der Waals surface area contributed by atoms with Gasteiger partial charge in [-0.2, -0.15) is 0 Å². The Morgan fingerprint density at radius 1 is 1.05 bits per heavy atom. The van der Waals surface area contributed by atoms with Crippen LogP contribution in [0.2, 0.25) is 0 Å². The molecule has 1 aromatic rings. The second-order valence-corrected chi connectivity index (χ2v) is 5.11. The number of hydrogen-bond donors (Lipinski definition) is 3. The Hall–Kier alpha value is -1.08. The van der Waals surface area contributed by atoms with Gasteiger partial charge >= 0.3 is 0 Å². The summed E-state index contributed by atoms with van der Waals surface area (Å²) in [6.07, 6.45) is 2.00. The first-order valence-electron chi connectivity index (χ1n) is 6.05. The average molecular weight is 347 g/mol. The van der Waals surface area contributed by atoms with E-state index in [-0.39, 0.29) is 19.8 Å². The van der Waals surface area contributed by atoms with Gasteiger partial charge in [0.05, 0.1) is 19.8 Å². The molecular weight excluding hydrogens is 328 g/mol. The lowest BCUT2D eigenvalue weighted by Crippen LogP contribution is -2.32. The number of rotatable bonds is 6. The van der Waals surface area contributed by atoms with E-state index >= 15 is 0 Å². The fraction of sp³-hybridized carbons (Fsp3) is 0.429. The van der Waals surface area contributed by atoms with Gasteiger partial charge in [-0.1, -0.05) is 25.1 Å². The molecule has 0 unspecified atom stereocenters. The number of carbonyl (C=O) groups excluding carboxylic acids is 2. The molecule has 0 amide bonds. The number of benzene rings is 1. The van der Waals surface area contributed by atoms with Crippen molar-refractivity contribution in [2.75, 3.05) is 19.8 Å².